The number of hydrogen-bond donors (Lipinski definition) is 3. The number of rotatable bonds is 4. The van der Waals surface area contributed by atoms with Crippen molar-refractivity contribution in [3.63, 3.8) is 0 Å². The molecule has 0 aliphatic rings. The van der Waals surface area contributed by atoms with E-state index in [0.29, 0.717) is 0 Å². The number of carboxylic acids is 1. The lowest BCUT2D eigenvalue weighted by molar-refractivity contribution is -0.141. The number of nitrogens with two attached hydrogens (primary N) is 1. The van der Waals surface area contributed by atoms with E-state index in [-0.39, 0.29) is 18.6 Å². The van der Waals surface area contributed by atoms with Crippen molar-refractivity contribution in [3.8, 4) is 0 Å². The molecule has 0 amide bonds. The molecule has 0 bridgehead atoms. The molecule has 1 aromatic rings. The fourth-order valence-corrected chi connectivity index (χ4v) is 1.38. The van der Waals surface area contributed by atoms with Crippen molar-refractivity contribution in [3.05, 3.63) is 29.3 Å². The van der Waals surface area contributed by atoms with Crippen molar-refractivity contribution >= 4 is 17.6 Å². The van der Waals surface area contributed by atoms with Crippen LogP contribution in [-0.4, -0.2) is 36.7 Å². The smallest absolute Gasteiger partial charge is 0.327 e. The predicted octanol–water partition coefficient (Wildman–Crippen LogP) is 1.31. The number of methoxy groups -OCH3 is 1. The van der Waals surface area contributed by atoms with Crippen LogP contribution in [0.1, 0.15) is 18.1 Å². The van der Waals surface area contributed by atoms with Crippen LogP contribution in [-0.2, 0) is 14.3 Å². The van der Waals surface area contributed by atoms with E-state index in [1.165, 1.54) is 12.7 Å². The molecule has 1 aromatic carbocycles. The summed E-state index contributed by atoms with van der Waals surface area (Å²) in [7, 11) is 1.39. The van der Waals surface area contributed by atoms with Crippen LogP contribution in [0, 0.1) is 13.8 Å². The van der Waals surface area contributed by atoms with Crippen LogP contribution in [0.3, 0.4) is 0 Å². The number of anilines is 1. The highest BCUT2D eigenvalue weighted by atomic mass is 16.5. The summed E-state index contributed by atoms with van der Waals surface area (Å²) in [6.07, 6.45) is 0. The van der Waals surface area contributed by atoms with Crippen LogP contribution in [0.25, 0.3) is 0 Å². The zero-order chi connectivity index (χ0) is 15.7. The minimum atomic E-state index is -0.968. The third kappa shape index (κ3) is 6.19. The van der Waals surface area contributed by atoms with Gasteiger partial charge in [0.15, 0.2) is 0 Å². The Bertz CT molecular complexity index is 460. The van der Waals surface area contributed by atoms with Crippen LogP contribution in [0.15, 0.2) is 18.2 Å². The Morgan fingerprint density at radius 3 is 2.40 bits per heavy atom. The van der Waals surface area contributed by atoms with E-state index in [9.17, 15) is 9.59 Å². The van der Waals surface area contributed by atoms with Gasteiger partial charge in [-0.05, 0) is 38.0 Å². The third-order valence-corrected chi connectivity index (χ3v) is 2.71. The molecule has 6 nitrogen and oxygen atoms in total. The quantitative estimate of drug-likeness (QED) is 0.720. The van der Waals surface area contributed by atoms with Crippen LogP contribution in [0.4, 0.5) is 5.69 Å². The Hall–Kier alpha value is -2.08. The molecule has 0 fully saturated rings. The summed E-state index contributed by atoms with van der Waals surface area (Å²) in [6, 6.07) is 5.65. The molecule has 112 valence electrons. The van der Waals surface area contributed by atoms with Gasteiger partial charge in [0.05, 0.1) is 13.7 Å². The number of aryl methyl sites for hydroxylation is 1. The van der Waals surface area contributed by atoms with Gasteiger partial charge in [0, 0.05) is 5.69 Å². The van der Waals surface area contributed by atoms with Crippen molar-refractivity contribution in [2.75, 3.05) is 19.0 Å². The number of esters is 1. The van der Waals surface area contributed by atoms with Crippen LogP contribution in [0.5, 0.6) is 0 Å². The molecule has 1 atom stereocenters. The first-order valence-corrected chi connectivity index (χ1v) is 6.15. The molecular formula is C14H22N2O4. The van der Waals surface area contributed by atoms with Crippen molar-refractivity contribution in [2.24, 2.45) is 5.73 Å². The zero-order valence-electron chi connectivity index (χ0n) is 12.3. The molecule has 0 aromatic heterocycles. The second kappa shape index (κ2) is 8.92. The Morgan fingerprint density at radius 2 is 1.95 bits per heavy atom. The van der Waals surface area contributed by atoms with E-state index in [1.807, 2.05) is 32.0 Å². The van der Waals surface area contributed by atoms with Gasteiger partial charge in [-0.25, -0.2) is 4.79 Å². The van der Waals surface area contributed by atoms with E-state index in [4.69, 9.17) is 5.11 Å². The van der Waals surface area contributed by atoms with Gasteiger partial charge in [0.1, 0.15) is 6.04 Å². The van der Waals surface area contributed by atoms with Gasteiger partial charge in [-0.2, -0.15) is 0 Å². The molecule has 20 heavy (non-hydrogen) atoms. The monoisotopic (exact) mass is 282 g/mol. The van der Waals surface area contributed by atoms with Crippen molar-refractivity contribution < 1.29 is 19.4 Å². The van der Waals surface area contributed by atoms with E-state index in [0.717, 1.165) is 11.3 Å². The average Bonchev–Trinajstić information content (AvgIpc) is 2.43. The molecule has 0 spiro atoms. The van der Waals surface area contributed by atoms with Crippen LogP contribution >= 0.6 is 0 Å². The molecule has 0 saturated carbocycles. The maximum atomic E-state index is 11.2. The summed E-state index contributed by atoms with van der Waals surface area (Å²) in [5.41, 5.74) is 7.92. The van der Waals surface area contributed by atoms with Crippen LogP contribution in [0.2, 0.25) is 0 Å². The Labute approximate surface area is 118 Å². The SMILES string of the molecule is COC(=O)[C@H](C)Nc1cccc(C)c1C.NCC(=O)O. The molecule has 0 heterocycles. The highest BCUT2D eigenvalue weighted by molar-refractivity contribution is 5.79. The van der Waals surface area contributed by atoms with Gasteiger partial charge in [0.25, 0.3) is 0 Å². The van der Waals surface area contributed by atoms with E-state index >= 15 is 0 Å². The van der Waals surface area contributed by atoms with Gasteiger partial charge < -0.3 is 20.9 Å². The van der Waals surface area contributed by atoms with Crippen LogP contribution < -0.4 is 11.1 Å². The lowest BCUT2D eigenvalue weighted by atomic mass is 10.1. The summed E-state index contributed by atoms with van der Waals surface area (Å²) in [6.45, 7) is 5.58. The lowest BCUT2D eigenvalue weighted by Gasteiger charge is -2.15. The summed E-state index contributed by atoms with van der Waals surface area (Å²) in [5, 5.41) is 10.7. The van der Waals surface area contributed by atoms with Gasteiger partial charge in [0.2, 0.25) is 0 Å². The standard InChI is InChI=1S/C12H17NO2.C2H5NO2/c1-8-6-5-7-11(9(8)2)13-10(3)12(14)15-4;3-1-2(4)5/h5-7,10,13H,1-4H3;1,3H2,(H,4,5)/t10-;/m0./s1. The van der Waals surface area contributed by atoms with E-state index in [2.05, 4.69) is 15.8 Å². The fourth-order valence-electron chi connectivity index (χ4n) is 1.38. The second-order valence-electron chi connectivity index (χ2n) is 4.23. The maximum Gasteiger partial charge on any atom is 0.327 e. The summed E-state index contributed by atoms with van der Waals surface area (Å²) >= 11 is 0. The number of nitrogens with one attached hydrogen (secondary N) is 1. The third-order valence-electron chi connectivity index (χ3n) is 2.71. The minimum absolute atomic E-state index is 0.254. The molecule has 0 radical (unpaired) electrons. The predicted molar refractivity (Wildman–Crippen MR) is 77.7 cm³/mol. The molecule has 0 aliphatic heterocycles. The number of ether oxygens (including phenoxy) is 1. The normalized spacial score (nSPS) is 10.8. The molecule has 1 rings (SSSR count). The average molecular weight is 282 g/mol. The zero-order valence-corrected chi connectivity index (χ0v) is 12.3. The first-order valence-electron chi connectivity index (χ1n) is 6.15. The Morgan fingerprint density at radius 1 is 1.40 bits per heavy atom. The Balaban J connectivity index is 0.000000621. The molecule has 0 aliphatic carbocycles. The summed E-state index contributed by atoms with van der Waals surface area (Å²) < 4.78 is 4.65. The molecule has 0 saturated heterocycles. The number of hydrogen-bond acceptors (Lipinski definition) is 5. The van der Waals surface area contributed by atoms with Crippen molar-refractivity contribution in [1.82, 2.24) is 0 Å². The minimum Gasteiger partial charge on any atom is -0.480 e. The molecule has 0 unspecified atom stereocenters. The van der Waals surface area contributed by atoms with E-state index in [1.54, 1.807) is 6.92 Å². The van der Waals surface area contributed by atoms with E-state index < -0.39 is 5.97 Å². The van der Waals surface area contributed by atoms with Gasteiger partial charge in [-0.3, -0.25) is 4.79 Å². The summed E-state index contributed by atoms with van der Waals surface area (Å²) in [5.74, 6) is -1.22. The van der Waals surface area contributed by atoms with Gasteiger partial charge in [-0.1, -0.05) is 12.1 Å². The van der Waals surface area contributed by atoms with Gasteiger partial charge >= 0.3 is 11.9 Å². The summed E-state index contributed by atoms with van der Waals surface area (Å²) in [4.78, 5) is 20.5. The maximum absolute atomic E-state index is 11.2. The number of carboxylic acid groups (broad SMARTS) is 1. The van der Waals surface area contributed by atoms with Crippen molar-refractivity contribution in [1.29, 1.82) is 0 Å². The number of benzene rings is 1. The molecule has 6 heteroatoms. The van der Waals surface area contributed by atoms with Gasteiger partial charge in [-0.15, -0.1) is 0 Å². The number of carbonyl (C=O) groups excluding carboxylic acids is 1. The largest absolute Gasteiger partial charge is 0.480 e. The topological polar surface area (TPSA) is 102 Å². The highest BCUT2D eigenvalue weighted by Crippen LogP contribution is 2.18. The number of carbonyl (C=O) groups is 2. The number of aliphatic carboxylic acids is 1. The first kappa shape index (κ1) is 17.9. The highest BCUT2D eigenvalue weighted by Gasteiger charge is 2.13. The second-order valence-corrected chi connectivity index (χ2v) is 4.23. The lowest BCUT2D eigenvalue weighted by Crippen LogP contribution is -2.27. The molecular weight excluding hydrogens is 260 g/mol. The molecule has 4 N–H and O–H groups in total. The Kier molecular flexibility index (Phi) is 8.00. The van der Waals surface area contributed by atoms with Crippen molar-refractivity contribution in [2.45, 2.75) is 26.8 Å². The fraction of sp³-hybridized carbons (Fsp3) is 0.429. The first-order chi connectivity index (χ1) is 9.33.